The molecule has 0 spiro atoms. The minimum Gasteiger partial charge on any atom is -0.497 e. The van der Waals surface area contributed by atoms with Gasteiger partial charge in [-0.3, -0.25) is 14.4 Å². The van der Waals surface area contributed by atoms with E-state index >= 15 is 0 Å². The Labute approximate surface area is 284 Å². The molecule has 8 nitrogen and oxygen atoms in total. The van der Waals surface area contributed by atoms with Crippen molar-refractivity contribution < 1.29 is 19.1 Å². The van der Waals surface area contributed by atoms with E-state index in [2.05, 4.69) is 20.9 Å². The number of halogens is 2. The first-order valence-corrected chi connectivity index (χ1v) is 16.5. The van der Waals surface area contributed by atoms with Crippen LogP contribution in [-0.2, 0) is 9.59 Å². The van der Waals surface area contributed by atoms with Gasteiger partial charge in [-0.05, 0) is 78.7 Å². The van der Waals surface area contributed by atoms with E-state index in [0.29, 0.717) is 38.4 Å². The third-order valence-electron chi connectivity index (χ3n) is 6.65. The van der Waals surface area contributed by atoms with Gasteiger partial charge in [0.05, 0.1) is 22.6 Å². The summed E-state index contributed by atoms with van der Waals surface area (Å²) in [6.45, 7) is 1.93. The van der Waals surface area contributed by atoms with Gasteiger partial charge in [-0.15, -0.1) is 11.8 Å². The van der Waals surface area contributed by atoms with Crippen molar-refractivity contribution >= 4 is 91.1 Å². The number of thioether (sulfide) groups is 1. The fourth-order valence-corrected chi connectivity index (χ4v) is 6.69. The lowest BCUT2D eigenvalue weighted by molar-refractivity contribution is -0.116. The van der Waals surface area contributed by atoms with E-state index < -0.39 is 17.1 Å². The Morgan fingerprint density at radius 1 is 0.957 bits per heavy atom. The van der Waals surface area contributed by atoms with Crippen LogP contribution in [0.5, 0.6) is 5.75 Å². The maximum atomic E-state index is 13.5. The summed E-state index contributed by atoms with van der Waals surface area (Å²) in [4.78, 5) is 45.0. The zero-order valence-corrected chi connectivity index (χ0v) is 27.8. The normalized spacial score (nSPS) is 12.0. The lowest BCUT2D eigenvalue weighted by atomic mass is 10.1. The number of carbonyl (C=O) groups is 3. The number of ether oxygens (including phenoxy) is 1. The largest absolute Gasteiger partial charge is 0.497 e. The molecule has 5 aromatic rings. The molecule has 0 radical (unpaired) electrons. The Morgan fingerprint density at radius 2 is 1.76 bits per heavy atom. The van der Waals surface area contributed by atoms with E-state index in [0.717, 1.165) is 20.9 Å². The molecule has 3 amide bonds. The van der Waals surface area contributed by atoms with Gasteiger partial charge in [-0.1, -0.05) is 71.8 Å². The number of fused-ring (bicyclic) bond motifs is 1. The highest BCUT2D eigenvalue weighted by Crippen LogP contribution is 2.32. The number of anilines is 2. The summed E-state index contributed by atoms with van der Waals surface area (Å²) in [6.07, 6.45) is 2.05. The van der Waals surface area contributed by atoms with E-state index in [-0.39, 0.29) is 11.6 Å². The van der Waals surface area contributed by atoms with Crippen LogP contribution >= 0.6 is 46.3 Å². The van der Waals surface area contributed by atoms with Crippen molar-refractivity contribution in [2.75, 3.05) is 17.7 Å². The number of aromatic nitrogens is 1. The number of nitrogens with zero attached hydrogens (tertiary/aromatic N) is 1. The SMILES string of the molecule is CCC(Sc1cccc(NC(=O)/C(=C\c2ccc(Cl)cc2Cl)NC(=O)c2ccccc2)c1)C(=O)Nc1nc2ccc(OC)cc2s1. The summed E-state index contributed by atoms with van der Waals surface area (Å²) in [5.41, 5.74) is 2.12. The van der Waals surface area contributed by atoms with Crippen LogP contribution in [0.2, 0.25) is 10.0 Å². The summed E-state index contributed by atoms with van der Waals surface area (Å²) in [5.74, 6) is -0.477. The number of methoxy groups -OCH3 is 1. The Kier molecular flexibility index (Phi) is 11.0. The standard InChI is InChI=1S/C34H28Cl2N4O4S2/c1-3-29(33(43)40-34-39-27-15-14-24(44-2)19-30(27)46-34)45-25-11-7-10-23(18-25)37-32(42)28(16-21-12-13-22(35)17-26(21)36)38-31(41)20-8-5-4-6-9-20/h4-19,29H,3H2,1-2H3,(H,37,42)(H,38,41)(H,39,40,43)/b28-16+. The minimum absolute atomic E-state index is 0.0181. The second-order valence-electron chi connectivity index (χ2n) is 9.88. The number of carbonyl (C=O) groups excluding carboxylic acids is 3. The van der Waals surface area contributed by atoms with Crippen molar-refractivity contribution in [3.05, 3.63) is 118 Å². The molecule has 1 heterocycles. The maximum absolute atomic E-state index is 13.5. The van der Waals surface area contributed by atoms with E-state index in [4.69, 9.17) is 27.9 Å². The summed E-state index contributed by atoms with van der Waals surface area (Å²) < 4.78 is 6.19. The minimum atomic E-state index is -0.560. The molecule has 1 unspecified atom stereocenters. The molecule has 0 saturated heterocycles. The molecule has 1 aromatic heterocycles. The Balaban J connectivity index is 1.31. The second kappa shape index (κ2) is 15.3. The fourth-order valence-electron chi connectivity index (χ4n) is 4.32. The smallest absolute Gasteiger partial charge is 0.272 e. The molecule has 0 fully saturated rings. The molecule has 46 heavy (non-hydrogen) atoms. The number of thiazole rings is 1. The lowest BCUT2D eigenvalue weighted by Gasteiger charge is -2.15. The summed E-state index contributed by atoms with van der Waals surface area (Å²) >= 11 is 15.2. The topological polar surface area (TPSA) is 109 Å². The van der Waals surface area contributed by atoms with Crippen molar-refractivity contribution in [1.29, 1.82) is 0 Å². The molecular weight excluding hydrogens is 663 g/mol. The van der Waals surface area contributed by atoms with E-state index in [9.17, 15) is 14.4 Å². The molecule has 0 aliphatic rings. The predicted octanol–water partition coefficient (Wildman–Crippen LogP) is 8.53. The average Bonchev–Trinajstić information content (AvgIpc) is 3.46. The highest BCUT2D eigenvalue weighted by Gasteiger charge is 2.21. The van der Waals surface area contributed by atoms with E-state index in [1.807, 2.05) is 31.2 Å². The van der Waals surface area contributed by atoms with Crippen LogP contribution in [0.1, 0.15) is 29.3 Å². The number of nitrogens with one attached hydrogen (secondary N) is 3. The Bertz CT molecular complexity index is 1930. The molecule has 3 N–H and O–H groups in total. The number of benzene rings is 4. The molecule has 0 saturated carbocycles. The highest BCUT2D eigenvalue weighted by molar-refractivity contribution is 8.00. The zero-order valence-electron chi connectivity index (χ0n) is 24.7. The van der Waals surface area contributed by atoms with Gasteiger partial charge in [-0.25, -0.2) is 4.98 Å². The molecule has 0 aliphatic carbocycles. The number of hydrogen-bond acceptors (Lipinski definition) is 7. The third kappa shape index (κ3) is 8.46. The zero-order chi connectivity index (χ0) is 32.6. The van der Waals surface area contributed by atoms with Crippen LogP contribution in [0, 0.1) is 0 Å². The summed E-state index contributed by atoms with van der Waals surface area (Å²) in [5, 5.41) is 9.34. The van der Waals surface area contributed by atoms with Gasteiger partial charge in [0.1, 0.15) is 11.4 Å². The molecular formula is C34H28Cl2N4O4S2. The number of rotatable bonds is 11. The van der Waals surface area contributed by atoms with Crippen molar-refractivity contribution in [3.63, 3.8) is 0 Å². The molecule has 5 rings (SSSR count). The first-order valence-electron chi connectivity index (χ1n) is 14.1. The van der Waals surface area contributed by atoms with Crippen LogP contribution < -0.4 is 20.7 Å². The van der Waals surface area contributed by atoms with Crippen LogP contribution in [0.15, 0.2) is 102 Å². The Morgan fingerprint density at radius 3 is 2.50 bits per heavy atom. The van der Waals surface area contributed by atoms with Crippen LogP contribution in [0.3, 0.4) is 0 Å². The van der Waals surface area contributed by atoms with Gasteiger partial charge in [0.25, 0.3) is 11.8 Å². The summed E-state index contributed by atoms with van der Waals surface area (Å²) in [6, 6.07) is 26.1. The third-order valence-corrected chi connectivity index (χ3v) is 9.50. The number of hydrogen-bond donors (Lipinski definition) is 3. The van der Waals surface area contributed by atoms with Crippen molar-refractivity contribution in [3.8, 4) is 5.75 Å². The number of amides is 3. The van der Waals surface area contributed by atoms with Crippen molar-refractivity contribution in [2.24, 2.45) is 0 Å². The van der Waals surface area contributed by atoms with E-state index in [1.165, 1.54) is 29.2 Å². The summed E-state index contributed by atoms with van der Waals surface area (Å²) in [7, 11) is 1.60. The molecule has 4 aromatic carbocycles. The van der Waals surface area contributed by atoms with Gasteiger partial charge in [0.15, 0.2) is 5.13 Å². The van der Waals surface area contributed by atoms with Crippen LogP contribution in [-0.4, -0.2) is 35.1 Å². The highest BCUT2D eigenvalue weighted by atomic mass is 35.5. The molecule has 0 aliphatic heterocycles. The van der Waals surface area contributed by atoms with Gasteiger partial charge < -0.3 is 20.7 Å². The molecule has 234 valence electrons. The van der Waals surface area contributed by atoms with Crippen LogP contribution in [0.4, 0.5) is 10.8 Å². The predicted molar refractivity (Wildman–Crippen MR) is 188 cm³/mol. The molecule has 12 heteroatoms. The fraction of sp³-hybridized carbons (Fsp3) is 0.118. The van der Waals surface area contributed by atoms with Gasteiger partial charge in [0, 0.05) is 26.2 Å². The van der Waals surface area contributed by atoms with Gasteiger partial charge >= 0.3 is 0 Å². The first-order chi connectivity index (χ1) is 22.2. The second-order valence-corrected chi connectivity index (χ2v) is 13.0. The first kappa shape index (κ1) is 33.0. The van der Waals surface area contributed by atoms with E-state index in [1.54, 1.807) is 73.8 Å². The quantitative estimate of drug-likeness (QED) is 0.0947. The lowest BCUT2D eigenvalue weighted by Crippen LogP contribution is -2.30. The maximum Gasteiger partial charge on any atom is 0.272 e. The monoisotopic (exact) mass is 690 g/mol. The van der Waals surface area contributed by atoms with Gasteiger partial charge in [-0.2, -0.15) is 0 Å². The molecule has 1 atom stereocenters. The molecule has 0 bridgehead atoms. The van der Waals surface area contributed by atoms with Crippen molar-refractivity contribution in [2.45, 2.75) is 23.5 Å². The van der Waals surface area contributed by atoms with Crippen molar-refractivity contribution in [1.82, 2.24) is 10.3 Å². The van der Waals surface area contributed by atoms with Gasteiger partial charge in [0.2, 0.25) is 5.91 Å². The Hall–Kier alpha value is -4.35. The van der Waals surface area contributed by atoms with Crippen LogP contribution in [0.25, 0.3) is 16.3 Å². The average molecular weight is 692 g/mol.